The van der Waals surface area contributed by atoms with Crippen LogP contribution in [0.2, 0.25) is 0 Å². The fourth-order valence-corrected chi connectivity index (χ4v) is 3.54. The van der Waals surface area contributed by atoms with Crippen molar-refractivity contribution in [2.45, 2.75) is 27.3 Å². The standard InChI is InChI=1S/C23H28FN3O2/c1-17-5-4-6-18(15-17)16-25-21(28)23(2,3)22(29)27-13-11-26(12-14-27)20-9-7-19(24)8-10-20/h4-10,15H,11-14,16H2,1-3H3,(H,25,28). The molecule has 1 saturated heterocycles. The maximum atomic E-state index is 13.1. The molecule has 0 atom stereocenters. The Hall–Kier alpha value is -2.89. The smallest absolute Gasteiger partial charge is 0.237 e. The van der Waals surface area contributed by atoms with Crippen LogP contribution in [0.4, 0.5) is 10.1 Å². The minimum atomic E-state index is -1.14. The van der Waals surface area contributed by atoms with E-state index in [1.807, 2.05) is 31.2 Å². The first kappa shape index (κ1) is 20.8. The first-order valence-electron chi connectivity index (χ1n) is 9.91. The third kappa shape index (κ3) is 4.94. The predicted molar refractivity (Wildman–Crippen MR) is 112 cm³/mol. The van der Waals surface area contributed by atoms with Crippen molar-refractivity contribution in [1.82, 2.24) is 10.2 Å². The summed E-state index contributed by atoms with van der Waals surface area (Å²) in [4.78, 5) is 29.6. The second-order valence-electron chi connectivity index (χ2n) is 8.05. The lowest BCUT2D eigenvalue weighted by Gasteiger charge is -2.39. The van der Waals surface area contributed by atoms with Crippen molar-refractivity contribution >= 4 is 17.5 Å². The molecule has 0 bridgehead atoms. The van der Waals surface area contributed by atoms with Crippen molar-refractivity contribution in [3.63, 3.8) is 0 Å². The molecule has 1 N–H and O–H groups in total. The monoisotopic (exact) mass is 397 g/mol. The summed E-state index contributed by atoms with van der Waals surface area (Å²) in [5.74, 6) is -0.705. The van der Waals surface area contributed by atoms with E-state index in [1.54, 1.807) is 30.9 Å². The summed E-state index contributed by atoms with van der Waals surface area (Å²) in [6, 6.07) is 14.3. The third-order valence-corrected chi connectivity index (χ3v) is 5.40. The topological polar surface area (TPSA) is 52.7 Å². The summed E-state index contributed by atoms with van der Waals surface area (Å²) in [7, 11) is 0. The first-order chi connectivity index (χ1) is 13.8. The molecule has 2 amide bonds. The highest BCUT2D eigenvalue weighted by molar-refractivity contribution is 6.04. The highest BCUT2D eigenvalue weighted by atomic mass is 19.1. The van der Waals surface area contributed by atoms with Crippen LogP contribution in [0.15, 0.2) is 48.5 Å². The van der Waals surface area contributed by atoms with E-state index < -0.39 is 5.41 Å². The van der Waals surface area contributed by atoms with Gasteiger partial charge < -0.3 is 15.1 Å². The molecule has 1 fully saturated rings. The summed E-state index contributed by atoms with van der Waals surface area (Å²) in [5, 5.41) is 2.89. The van der Waals surface area contributed by atoms with Crippen LogP contribution in [0.5, 0.6) is 0 Å². The van der Waals surface area contributed by atoms with Crippen LogP contribution in [0.25, 0.3) is 0 Å². The second kappa shape index (κ2) is 8.64. The molecule has 0 aliphatic carbocycles. The molecule has 0 radical (unpaired) electrons. The quantitative estimate of drug-likeness (QED) is 0.789. The molecule has 1 aliphatic rings. The van der Waals surface area contributed by atoms with Crippen molar-refractivity contribution in [1.29, 1.82) is 0 Å². The zero-order valence-electron chi connectivity index (χ0n) is 17.2. The van der Waals surface area contributed by atoms with Gasteiger partial charge in [0.25, 0.3) is 0 Å². The average Bonchev–Trinajstić information content (AvgIpc) is 2.72. The molecule has 5 nitrogen and oxygen atoms in total. The van der Waals surface area contributed by atoms with E-state index in [9.17, 15) is 14.0 Å². The van der Waals surface area contributed by atoms with Crippen molar-refractivity contribution in [3.05, 3.63) is 65.5 Å². The minimum Gasteiger partial charge on any atom is -0.368 e. The molecule has 3 rings (SSSR count). The summed E-state index contributed by atoms with van der Waals surface area (Å²) in [5.41, 5.74) is 1.94. The van der Waals surface area contributed by atoms with Gasteiger partial charge in [-0.15, -0.1) is 0 Å². The lowest BCUT2D eigenvalue weighted by molar-refractivity contribution is -0.148. The number of anilines is 1. The molecule has 0 spiro atoms. The number of nitrogens with one attached hydrogen (secondary N) is 1. The number of piperazine rings is 1. The van der Waals surface area contributed by atoms with Crippen LogP contribution in [-0.2, 0) is 16.1 Å². The summed E-state index contributed by atoms with van der Waals surface area (Å²) in [6.45, 7) is 8.12. The van der Waals surface area contributed by atoms with E-state index in [4.69, 9.17) is 0 Å². The molecule has 2 aromatic carbocycles. The van der Waals surface area contributed by atoms with Crippen molar-refractivity contribution in [3.8, 4) is 0 Å². The molecule has 154 valence electrons. The van der Waals surface area contributed by atoms with Gasteiger partial charge in [0, 0.05) is 38.4 Å². The number of hydrogen-bond donors (Lipinski definition) is 1. The predicted octanol–water partition coefficient (Wildman–Crippen LogP) is 3.13. The maximum Gasteiger partial charge on any atom is 0.237 e. The van der Waals surface area contributed by atoms with E-state index in [2.05, 4.69) is 10.2 Å². The van der Waals surface area contributed by atoms with E-state index in [1.165, 1.54) is 12.1 Å². The fraction of sp³-hybridized carbons (Fsp3) is 0.391. The highest BCUT2D eigenvalue weighted by Crippen LogP contribution is 2.23. The van der Waals surface area contributed by atoms with Crippen LogP contribution < -0.4 is 10.2 Å². The van der Waals surface area contributed by atoms with E-state index in [0.717, 1.165) is 16.8 Å². The van der Waals surface area contributed by atoms with Crippen molar-refractivity contribution < 1.29 is 14.0 Å². The molecule has 2 aromatic rings. The molecule has 29 heavy (non-hydrogen) atoms. The Morgan fingerprint density at radius 3 is 2.31 bits per heavy atom. The third-order valence-electron chi connectivity index (χ3n) is 5.40. The Balaban J connectivity index is 1.55. The summed E-state index contributed by atoms with van der Waals surface area (Å²) < 4.78 is 13.1. The molecule has 0 saturated carbocycles. The number of nitrogens with zero attached hydrogens (tertiary/aromatic N) is 2. The number of halogens is 1. The number of hydrogen-bond acceptors (Lipinski definition) is 3. The fourth-order valence-electron chi connectivity index (χ4n) is 3.54. The van der Waals surface area contributed by atoms with Crippen LogP contribution in [0.1, 0.15) is 25.0 Å². The van der Waals surface area contributed by atoms with Gasteiger partial charge in [0.05, 0.1) is 0 Å². The molecule has 0 unspecified atom stereocenters. The molecular formula is C23H28FN3O2. The van der Waals surface area contributed by atoms with E-state index in [-0.39, 0.29) is 17.6 Å². The largest absolute Gasteiger partial charge is 0.368 e. The second-order valence-corrected chi connectivity index (χ2v) is 8.05. The molecular weight excluding hydrogens is 369 g/mol. The van der Waals surface area contributed by atoms with Crippen LogP contribution in [-0.4, -0.2) is 42.9 Å². The zero-order chi connectivity index (χ0) is 21.0. The van der Waals surface area contributed by atoms with Gasteiger partial charge in [-0.2, -0.15) is 0 Å². The molecule has 6 heteroatoms. The lowest BCUT2D eigenvalue weighted by atomic mass is 9.89. The highest BCUT2D eigenvalue weighted by Gasteiger charge is 2.39. The SMILES string of the molecule is Cc1cccc(CNC(=O)C(C)(C)C(=O)N2CCN(c3ccc(F)cc3)CC2)c1. The van der Waals surface area contributed by atoms with Crippen molar-refractivity contribution in [2.75, 3.05) is 31.1 Å². The molecule has 0 aromatic heterocycles. The van der Waals surface area contributed by atoms with Crippen molar-refractivity contribution in [2.24, 2.45) is 5.41 Å². The normalized spacial score (nSPS) is 14.6. The van der Waals surface area contributed by atoms with Crippen LogP contribution in [0, 0.1) is 18.2 Å². The van der Waals surface area contributed by atoms with Gasteiger partial charge in [0.1, 0.15) is 11.2 Å². The number of carbonyl (C=O) groups is 2. The number of aryl methyl sites for hydroxylation is 1. The van der Waals surface area contributed by atoms with Gasteiger partial charge in [-0.05, 0) is 50.6 Å². The number of rotatable bonds is 5. The van der Waals surface area contributed by atoms with E-state index in [0.29, 0.717) is 32.7 Å². The first-order valence-corrected chi connectivity index (χ1v) is 9.91. The van der Waals surface area contributed by atoms with Gasteiger partial charge in [-0.1, -0.05) is 29.8 Å². The Kier molecular flexibility index (Phi) is 6.20. The number of amides is 2. The number of carbonyl (C=O) groups excluding carboxylic acids is 2. The van der Waals surface area contributed by atoms with Gasteiger partial charge in [-0.25, -0.2) is 4.39 Å². The van der Waals surface area contributed by atoms with E-state index >= 15 is 0 Å². The van der Waals surface area contributed by atoms with Gasteiger partial charge in [0.2, 0.25) is 11.8 Å². The van der Waals surface area contributed by atoms with Gasteiger partial charge >= 0.3 is 0 Å². The van der Waals surface area contributed by atoms with Gasteiger partial charge in [0.15, 0.2) is 0 Å². The average molecular weight is 397 g/mol. The van der Waals surface area contributed by atoms with Crippen LogP contribution >= 0.6 is 0 Å². The Morgan fingerprint density at radius 1 is 1.03 bits per heavy atom. The molecule has 1 aliphatic heterocycles. The lowest BCUT2D eigenvalue weighted by Crippen LogP contribution is -2.55. The summed E-state index contributed by atoms with van der Waals surface area (Å²) in [6.07, 6.45) is 0. The van der Waals surface area contributed by atoms with Gasteiger partial charge in [-0.3, -0.25) is 9.59 Å². The van der Waals surface area contributed by atoms with Crippen LogP contribution in [0.3, 0.4) is 0 Å². The minimum absolute atomic E-state index is 0.169. The molecule has 1 heterocycles. The maximum absolute atomic E-state index is 13.1. The Labute approximate surface area is 171 Å². The Bertz CT molecular complexity index is 872. The zero-order valence-corrected chi connectivity index (χ0v) is 17.2. The Morgan fingerprint density at radius 2 is 1.69 bits per heavy atom. The number of benzene rings is 2. The summed E-state index contributed by atoms with van der Waals surface area (Å²) >= 11 is 0.